The molecule has 0 aliphatic carbocycles. The van der Waals surface area contributed by atoms with E-state index < -0.39 is 29.7 Å². The topological polar surface area (TPSA) is 87.7 Å². The Labute approximate surface area is 226 Å². The summed E-state index contributed by atoms with van der Waals surface area (Å²) < 4.78 is 5.36. The first-order chi connectivity index (χ1) is 17.4. The number of amides is 3. The number of carbonyl (C=O) groups is 3. The molecule has 0 aliphatic heterocycles. The van der Waals surface area contributed by atoms with Gasteiger partial charge in [0.1, 0.15) is 17.7 Å². The van der Waals surface area contributed by atoms with Crippen molar-refractivity contribution in [3.8, 4) is 0 Å². The van der Waals surface area contributed by atoms with Crippen molar-refractivity contribution < 1.29 is 19.1 Å². The van der Waals surface area contributed by atoms with Gasteiger partial charge in [-0.25, -0.2) is 4.79 Å². The minimum Gasteiger partial charge on any atom is -0.444 e. The third-order valence-electron chi connectivity index (χ3n) is 6.12. The van der Waals surface area contributed by atoms with Crippen LogP contribution in [0.3, 0.4) is 0 Å². The van der Waals surface area contributed by atoms with E-state index in [0.29, 0.717) is 17.7 Å². The summed E-state index contributed by atoms with van der Waals surface area (Å²) in [7, 11) is 0. The summed E-state index contributed by atoms with van der Waals surface area (Å²) in [6, 6.07) is 13.0. The summed E-state index contributed by atoms with van der Waals surface area (Å²) in [6.45, 7) is 13.1. The molecule has 202 valence electrons. The highest BCUT2D eigenvalue weighted by Gasteiger charge is 2.38. The highest BCUT2D eigenvalue weighted by molar-refractivity contribution is 7.80. The predicted molar refractivity (Wildman–Crippen MR) is 152 cm³/mol. The molecule has 0 saturated carbocycles. The molecule has 2 aromatic carbocycles. The summed E-state index contributed by atoms with van der Waals surface area (Å²) >= 11 is 4.34. The first-order valence-corrected chi connectivity index (χ1v) is 13.4. The van der Waals surface area contributed by atoms with Crippen LogP contribution in [0.15, 0.2) is 48.5 Å². The minimum absolute atomic E-state index is 0.0475. The molecule has 0 spiro atoms. The van der Waals surface area contributed by atoms with Crippen LogP contribution in [0.5, 0.6) is 0 Å². The average molecular weight is 528 g/mol. The highest BCUT2D eigenvalue weighted by Crippen LogP contribution is 2.28. The number of anilines is 1. The van der Waals surface area contributed by atoms with Crippen LogP contribution in [0.1, 0.15) is 70.7 Å². The summed E-state index contributed by atoms with van der Waals surface area (Å²) in [5, 5.41) is 5.66. The molecule has 0 aliphatic rings. The zero-order chi connectivity index (χ0) is 27.8. The largest absolute Gasteiger partial charge is 0.444 e. The number of hydrogen-bond donors (Lipinski definition) is 3. The van der Waals surface area contributed by atoms with E-state index in [1.54, 1.807) is 25.7 Å². The Hall–Kier alpha value is -3.00. The molecule has 37 heavy (non-hydrogen) atoms. The number of ether oxygens (including phenoxy) is 1. The molecule has 0 bridgehead atoms. The van der Waals surface area contributed by atoms with E-state index in [4.69, 9.17) is 4.74 Å². The predicted octanol–water partition coefficient (Wildman–Crippen LogP) is 5.69. The second kappa shape index (κ2) is 13.5. The molecule has 0 fully saturated rings. The van der Waals surface area contributed by atoms with Gasteiger partial charge < -0.3 is 20.3 Å². The Morgan fingerprint density at radius 1 is 1.03 bits per heavy atom. The van der Waals surface area contributed by atoms with Gasteiger partial charge in [-0.2, -0.15) is 12.6 Å². The molecular formula is C29H41N3O4S. The molecular weight excluding hydrogens is 486 g/mol. The summed E-state index contributed by atoms with van der Waals surface area (Å²) in [4.78, 5) is 41.9. The third-order valence-corrected chi connectivity index (χ3v) is 6.49. The summed E-state index contributed by atoms with van der Waals surface area (Å²) in [6.07, 6.45) is 0.756. The van der Waals surface area contributed by atoms with Gasteiger partial charge in [-0.3, -0.25) is 9.59 Å². The third kappa shape index (κ3) is 8.52. The van der Waals surface area contributed by atoms with Gasteiger partial charge in [-0.15, -0.1) is 0 Å². The standard InChI is InChI=1S/C29H41N3O4S/c1-8-20(4)32(27(34)24(18-37)31-28(35)36-29(5,6)7)25(22-16-14-21(9-2)15-17-22)26(33)30-23-13-11-10-12-19(23)3/h10-17,20,24-25,37H,8-9,18H2,1-7H3,(H,30,33)(H,31,35). The van der Waals surface area contributed by atoms with Crippen molar-refractivity contribution in [2.24, 2.45) is 0 Å². The minimum atomic E-state index is -0.976. The normalized spacial score (nSPS) is 13.7. The van der Waals surface area contributed by atoms with Gasteiger partial charge in [0.15, 0.2) is 0 Å². The van der Waals surface area contributed by atoms with Crippen molar-refractivity contribution >= 4 is 36.2 Å². The van der Waals surface area contributed by atoms with E-state index in [1.807, 2.05) is 69.3 Å². The van der Waals surface area contributed by atoms with Gasteiger partial charge >= 0.3 is 6.09 Å². The monoisotopic (exact) mass is 527 g/mol. The lowest BCUT2D eigenvalue weighted by molar-refractivity contribution is -0.142. The lowest BCUT2D eigenvalue weighted by Gasteiger charge is -2.38. The number of benzene rings is 2. The highest BCUT2D eigenvalue weighted by atomic mass is 32.1. The van der Waals surface area contributed by atoms with Gasteiger partial charge in [-0.1, -0.05) is 56.3 Å². The van der Waals surface area contributed by atoms with E-state index in [2.05, 4.69) is 30.2 Å². The van der Waals surface area contributed by atoms with E-state index in [-0.39, 0.29) is 17.7 Å². The number of carbonyl (C=O) groups excluding carboxylic acids is 3. The van der Waals surface area contributed by atoms with Gasteiger partial charge in [-0.05, 0) is 70.2 Å². The fraction of sp³-hybridized carbons (Fsp3) is 0.483. The number of thiol groups is 1. The molecule has 3 amide bonds. The molecule has 7 nitrogen and oxygen atoms in total. The molecule has 0 saturated heterocycles. The Bertz CT molecular complexity index is 1070. The Balaban J connectivity index is 2.52. The Morgan fingerprint density at radius 2 is 1.65 bits per heavy atom. The van der Waals surface area contributed by atoms with Crippen LogP contribution in [0, 0.1) is 6.92 Å². The maximum Gasteiger partial charge on any atom is 0.408 e. The number of rotatable bonds is 10. The summed E-state index contributed by atoms with van der Waals surface area (Å²) in [5.41, 5.74) is 2.69. The summed E-state index contributed by atoms with van der Waals surface area (Å²) in [5.74, 6) is -0.687. The molecule has 3 atom stereocenters. The molecule has 0 aromatic heterocycles. The van der Waals surface area contributed by atoms with Crippen LogP contribution in [-0.4, -0.2) is 46.2 Å². The molecule has 8 heteroatoms. The van der Waals surface area contributed by atoms with Crippen molar-refractivity contribution in [2.45, 2.75) is 85.0 Å². The van der Waals surface area contributed by atoms with Crippen LogP contribution in [-0.2, 0) is 20.7 Å². The van der Waals surface area contributed by atoms with Crippen LogP contribution in [0.25, 0.3) is 0 Å². The molecule has 2 aromatic rings. The second-order valence-electron chi connectivity index (χ2n) is 10.2. The van der Waals surface area contributed by atoms with E-state index in [1.165, 1.54) is 0 Å². The van der Waals surface area contributed by atoms with E-state index in [9.17, 15) is 14.4 Å². The zero-order valence-electron chi connectivity index (χ0n) is 23.0. The van der Waals surface area contributed by atoms with Crippen molar-refractivity contribution in [2.75, 3.05) is 11.1 Å². The number of aryl methyl sites for hydroxylation is 2. The lowest BCUT2D eigenvalue weighted by atomic mass is 9.98. The van der Waals surface area contributed by atoms with Crippen LogP contribution in [0.2, 0.25) is 0 Å². The molecule has 0 heterocycles. The Morgan fingerprint density at radius 3 is 2.16 bits per heavy atom. The quantitative estimate of drug-likeness (QED) is 0.347. The first kappa shape index (κ1) is 30.2. The molecule has 2 N–H and O–H groups in total. The SMILES string of the molecule is CCc1ccc(C(C(=O)Nc2ccccc2C)N(C(=O)C(CS)NC(=O)OC(C)(C)C)C(C)CC)cc1. The molecule has 0 radical (unpaired) electrons. The first-order valence-electron chi connectivity index (χ1n) is 12.8. The number of alkyl carbamates (subject to hydrolysis) is 1. The second-order valence-corrected chi connectivity index (χ2v) is 10.6. The van der Waals surface area contributed by atoms with Gasteiger partial charge in [0.05, 0.1) is 0 Å². The Kier molecular flexibility index (Phi) is 11.0. The number of hydrogen-bond acceptors (Lipinski definition) is 5. The molecule has 3 unspecified atom stereocenters. The van der Waals surface area contributed by atoms with Crippen molar-refractivity contribution in [3.63, 3.8) is 0 Å². The van der Waals surface area contributed by atoms with Gasteiger partial charge in [0.25, 0.3) is 5.91 Å². The van der Waals surface area contributed by atoms with Gasteiger partial charge in [0, 0.05) is 17.5 Å². The van der Waals surface area contributed by atoms with Crippen molar-refractivity contribution in [1.29, 1.82) is 0 Å². The average Bonchev–Trinajstić information content (AvgIpc) is 2.85. The number of nitrogens with zero attached hydrogens (tertiary/aromatic N) is 1. The van der Waals surface area contributed by atoms with Gasteiger partial charge in [0.2, 0.25) is 5.91 Å². The van der Waals surface area contributed by atoms with Crippen LogP contribution < -0.4 is 10.6 Å². The fourth-order valence-corrected chi connectivity index (χ4v) is 4.15. The van der Waals surface area contributed by atoms with E-state index in [0.717, 1.165) is 17.5 Å². The van der Waals surface area contributed by atoms with Crippen molar-refractivity contribution in [1.82, 2.24) is 10.2 Å². The van der Waals surface area contributed by atoms with Crippen molar-refractivity contribution in [3.05, 3.63) is 65.2 Å². The number of nitrogens with one attached hydrogen (secondary N) is 2. The lowest BCUT2D eigenvalue weighted by Crippen LogP contribution is -2.55. The maximum atomic E-state index is 14.0. The zero-order valence-corrected chi connectivity index (χ0v) is 23.9. The molecule has 2 rings (SSSR count). The maximum absolute atomic E-state index is 14.0. The van der Waals surface area contributed by atoms with Crippen LogP contribution >= 0.6 is 12.6 Å². The fourth-order valence-electron chi connectivity index (χ4n) is 3.90. The van der Waals surface area contributed by atoms with Crippen LogP contribution in [0.4, 0.5) is 10.5 Å². The number of para-hydroxylation sites is 1. The van der Waals surface area contributed by atoms with E-state index >= 15 is 0 Å². The smallest absolute Gasteiger partial charge is 0.408 e.